The highest BCUT2D eigenvalue weighted by atomic mass is 32.2. The molecule has 26 heavy (non-hydrogen) atoms. The van der Waals surface area contributed by atoms with Crippen LogP contribution in [0.25, 0.3) is 17.0 Å². The first-order chi connectivity index (χ1) is 12.7. The third-order valence-electron chi connectivity index (χ3n) is 4.52. The topological polar surface area (TPSA) is 63.9 Å². The second-order valence-electron chi connectivity index (χ2n) is 6.12. The van der Waals surface area contributed by atoms with Gasteiger partial charge in [0.1, 0.15) is 0 Å². The van der Waals surface area contributed by atoms with E-state index in [1.54, 1.807) is 10.6 Å². The maximum atomic E-state index is 12.8. The zero-order chi connectivity index (χ0) is 18.1. The van der Waals surface area contributed by atoms with Crippen molar-refractivity contribution in [3.63, 3.8) is 0 Å². The smallest absolute Gasteiger partial charge is 0.286 e. The van der Waals surface area contributed by atoms with Gasteiger partial charge in [0, 0.05) is 25.2 Å². The summed E-state index contributed by atoms with van der Waals surface area (Å²) >= 11 is 1.33. The SMILES string of the molecule is CCn1c(=O)c(/C=C2\SC(N3CCOCC3)=NC2=O)cc2ccccc21. The number of amides is 1. The number of carbonyl (C=O) groups excluding carboxylic acids is 1. The molecule has 1 amide bonds. The summed E-state index contributed by atoms with van der Waals surface area (Å²) < 4.78 is 7.07. The lowest BCUT2D eigenvalue weighted by Crippen LogP contribution is -2.38. The van der Waals surface area contributed by atoms with Crippen LogP contribution in [0.1, 0.15) is 12.5 Å². The van der Waals surface area contributed by atoms with E-state index in [9.17, 15) is 9.59 Å². The minimum absolute atomic E-state index is 0.0908. The molecule has 0 atom stereocenters. The van der Waals surface area contributed by atoms with Crippen LogP contribution >= 0.6 is 11.8 Å². The van der Waals surface area contributed by atoms with E-state index in [4.69, 9.17) is 4.74 Å². The van der Waals surface area contributed by atoms with Crippen LogP contribution in [0.5, 0.6) is 0 Å². The summed E-state index contributed by atoms with van der Waals surface area (Å²) in [6.45, 7) is 5.25. The molecule has 7 heteroatoms. The van der Waals surface area contributed by atoms with E-state index in [0.717, 1.165) is 24.0 Å². The van der Waals surface area contributed by atoms with Crippen LogP contribution < -0.4 is 5.56 Å². The Morgan fingerprint density at radius 1 is 1.23 bits per heavy atom. The van der Waals surface area contributed by atoms with Crippen molar-refractivity contribution in [1.29, 1.82) is 0 Å². The molecule has 0 bridgehead atoms. The second-order valence-corrected chi connectivity index (χ2v) is 7.13. The summed E-state index contributed by atoms with van der Waals surface area (Å²) in [5.74, 6) is -0.285. The molecule has 0 saturated carbocycles. The van der Waals surface area contributed by atoms with Gasteiger partial charge in [-0.2, -0.15) is 4.99 Å². The standard InChI is InChI=1S/C19H19N3O3S/c1-2-22-15-6-4-3-5-13(15)11-14(18(22)24)12-16-17(23)20-19(26-16)21-7-9-25-10-8-21/h3-6,11-12H,2,7-10H2,1H3/b16-12-. The Hall–Kier alpha value is -2.38. The summed E-state index contributed by atoms with van der Waals surface area (Å²) in [5.41, 5.74) is 1.32. The highest BCUT2D eigenvalue weighted by molar-refractivity contribution is 8.18. The lowest BCUT2D eigenvalue weighted by Gasteiger charge is -2.27. The van der Waals surface area contributed by atoms with E-state index in [0.29, 0.717) is 35.4 Å². The Bertz CT molecular complexity index is 987. The van der Waals surface area contributed by atoms with E-state index >= 15 is 0 Å². The molecular weight excluding hydrogens is 350 g/mol. The van der Waals surface area contributed by atoms with Gasteiger partial charge in [-0.05, 0) is 42.3 Å². The number of benzene rings is 1. The van der Waals surface area contributed by atoms with Gasteiger partial charge in [-0.15, -0.1) is 0 Å². The zero-order valence-electron chi connectivity index (χ0n) is 14.5. The Labute approximate surface area is 155 Å². The van der Waals surface area contributed by atoms with Gasteiger partial charge >= 0.3 is 0 Å². The van der Waals surface area contributed by atoms with Gasteiger partial charge in [0.25, 0.3) is 11.5 Å². The predicted octanol–water partition coefficient (Wildman–Crippen LogP) is 2.32. The van der Waals surface area contributed by atoms with Gasteiger partial charge in [0.15, 0.2) is 5.17 Å². The molecule has 3 heterocycles. The number of morpholine rings is 1. The normalized spacial score (nSPS) is 19.4. The number of pyridine rings is 1. The zero-order valence-corrected chi connectivity index (χ0v) is 15.3. The first kappa shape index (κ1) is 17.1. The summed E-state index contributed by atoms with van der Waals surface area (Å²) in [5, 5.41) is 1.67. The number of thioether (sulfide) groups is 1. The Kier molecular flexibility index (Phi) is 4.65. The number of rotatable bonds is 2. The van der Waals surface area contributed by atoms with Crippen LogP contribution in [0.2, 0.25) is 0 Å². The van der Waals surface area contributed by atoms with Crippen molar-refractivity contribution in [1.82, 2.24) is 9.47 Å². The molecule has 6 nitrogen and oxygen atoms in total. The molecule has 0 spiro atoms. The summed E-state index contributed by atoms with van der Waals surface area (Å²) in [6.07, 6.45) is 1.67. The number of nitrogens with zero attached hydrogens (tertiary/aromatic N) is 3. The maximum absolute atomic E-state index is 12.8. The molecule has 2 aliphatic heterocycles. The molecule has 1 saturated heterocycles. The van der Waals surface area contributed by atoms with Crippen molar-refractivity contribution in [2.45, 2.75) is 13.5 Å². The number of ether oxygens (including phenoxy) is 1. The number of aliphatic imine (C=N–C) groups is 1. The minimum Gasteiger partial charge on any atom is -0.378 e. The van der Waals surface area contributed by atoms with Crippen molar-refractivity contribution in [2.24, 2.45) is 4.99 Å². The highest BCUT2D eigenvalue weighted by Crippen LogP contribution is 2.30. The van der Waals surface area contributed by atoms with Crippen LogP contribution in [-0.2, 0) is 16.1 Å². The van der Waals surface area contributed by atoms with Crippen LogP contribution in [0, 0.1) is 0 Å². The molecule has 0 unspecified atom stereocenters. The average Bonchev–Trinajstić information content (AvgIpc) is 3.04. The maximum Gasteiger partial charge on any atom is 0.286 e. The predicted molar refractivity (Wildman–Crippen MR) is 104 cm³/mol. The molecule has 1 aromatic heterocycles. The number of aryl methyl sites for hydroxylation is 1. The third kappa shape index (κ3) is 3.08. The van der Waals surface area contributed by atoms with Gasteiger partial charge < -0.3 is 14.2 Å². The first-order valence-corrected chi connectivity index (χ1v) is 9.47. The number of carbonyl (C=O) groups is 1. The van der Waals surface area contributed by atoms with E-state index in [1.165, 1.54) is 11.8 Å². The molecule has 0 N–H and O–H groups in total. The number of amidine groups is 1. The van der Waals surface area contributed by atoms with E-state index in [2.05, 4.69) is 9.89 Å². The molecule has 1 aromatic carbocycles. The van der Waals surface area contributed by atoms with Crippen molar-refractivity contribution in [3.05, 3.63) is 51.2 Å². The molecule has 134 valence electrons. The van der Waals surface area contributed by atoms with Crippen molar-refractivity contribution in [3.8, 4) is 0 Å². The number of aromatic nitrogens is 1. The van der Waals surface area contributed by atoms with Crippen LogP contribution in [0.15, 0.2) is 45.0 Å². The van der Waals surface area contributed by atoms with E-state index in [-0.39, 0.29) is 11.5 Å². The van der Waals surface area contributed by atoms with Crippen LogP contribution in [0.4, 0.5) is 0 Å². The first-order valence-electron chi connectivity index (χ1n) is 8.65. The fourth-order valence-corrected chi connectivity index (χ4v) is 4.15. The van der Waals surface area contributed by atoms with E-state index in [1.807, 2.05) is 37.3 Å². The monoisotopic (exact) mass is 369 g/mol. The number of hydrogen-bond donors (Lipinski definition) is 0. The highest BCUT2D eigenvalue weighted by Gasteiger charge is 2.27. The number of hydrogen-bond acceptors (Lipinski definition) is 5. The summed E-state index contributed by atoms with van der Waals surface area (Å²) in [7, 11) is 0. The lowest BCUT2D eigenvalue weighted by molar-refractivity contribution is -0.113. The molecule has 0 aliphatic carbocycles. The lowest BCUT2D eigenvalue weighted by atomic mass is 10.1. The Balaban J connectivity index is 1.70. The van der Waals surface area contributed by atoms with Gasteiger partial charge in [-0.25, -0.2) is 0 Å². The Morgan fingerprint density at radius 2 is 2.00 bits per heavy atom. The summed E-state index contributed by atoms with van der Waals surface area (Å²) in [4.78, 5) is 31.8. The molecule has 0 radical (unpaired) electrons. The molecular formula is C19H19N3O3S. The van der Waals surface area contributed by atoms with Crippen molar-refractivity contribution < 1.29 is 9.53 Å². The van der Waals surface area contributed by atoms with Crippen molar-refractivity contribution >= 4 is 39.8 Å². The fraction of sp³-hybridized carbons (Fsp3) is 0.316. The Morgan fingerprint density at radius 3 is 2.77 bits per heavy atom. The number of para-hydroxylation sites is 1. The molecule has 2 aliphatic rings. The third-order valence-corrected chi connectivity index (χ3v) is 5.57. The number of fused-ring (bicyclic) bond motifs is 1. The molecule has 4 rings (SSSR count). The fourth-order valence-electron chi connectivity index (χ4n) is 3.20. The van der Waals surface area contributed by atoms with Gasteiger partial charge in [-0.1, -0.05) is 18.2 Å². The second kappa shape index (κ2) is 7.09. The van der Waals surface area contributed by atoms with Crippen molar-refractivity contribution in [2.75, 3.05) is 26.3 Å². The summed E-state index contributed by atoms with van der Waals surface area (Å²) in [6, 6.07) is 9.62. The van der Waals surface area contributed by atoms with Crippen LogP contribution in [0.3, 0.4) is 0 Å². The quantitative estimate of drug-likeness (QED) is 0.760. The molecule has 1 fully saturated rings. The molecule has 2 aromatic rings. The van der Waals surface area contributed by atoms with E-state index < -0.39 is 0 Å². The largest absolute Gasteiger partial charge is 0.378 e. The van der Waals surface area contributed by atoms with Gasteiger partial charge in [0.2, 0.25) is 0 Å². The van der Waals surface area contributed by atoms with Crippen LogP contribution in [-0.4, -0.2) is 46.8 Å². The average molecular weight is 369 g/mol. The van der Waals surface area contributed by atoms with Gasteiger partial charge in [-0.3, -0.25) is 9.59 Å². The minimum atomic E-state index is -0.285. The van der Waals surface area contributed by atoms with Gasteiger partial charge in [0.05, 0.1) is 23.6 Å².